The smallest absolute Gasteiger partial charge is 0.142 e. The molecular weight excluding hydrogens is 363 g/mol. The first kappa shape index (κ1) is 15.5. The molecule has 0 atom stereocenters. The Bertz CT molecular complexity index is 561. The van der Waals surface area contributed by atoms with Gasteiger partial charge in [-0.25, -0.2) is 0 Å². The average molecular weight is 376 g/mol. The summed E-state index contributed by atoms with van der Waals surface area (Å²) in [6.45, 7) is 0.862. The van der Waals surface area contributed by atoms with Gasteiger partial charge in [-0.3, -0.25) is 0 Å². The summed E-state index contributed by atoms with van der Waals surface area (Å²) >= 11 is 15.5. The molecule has 0 spiro atoms. The van der Waals surface area contributed by atoms with Gasteiger partial charge in [-0.2, -0.15) is 0 Å². The number of alkyl halides is 1. The Kier molecular flexibility index (Phi) is 6.02. The maximum Gasteiger partial charge on any atom is 0.142 e. The van der Waals surface area contributed by atoms with Crippen LogP contribution in [0.25, 0.3) is 0 Å². The number of ether oxygens (including phenoxy) is 2. The van der Waals surface area contributed by atoms with E-state index in [9.17, 15) is 0 Å². The molecule has 0 amide bonds. The van der Waals surface area contributed by atoms with Gasteiger partial charge < -0.3 is 9.47 Å². The van der Waals surface area contributed by atoms with Gasteiger partial charge in [0.05, 0.1) is 5.02 Å². The van der Waals surface area contributed by atoms with Crippen molar-refractivity contribution in [1.29, 1.82) is 0 Å². The summed E-state index contributed by atoms with van der Waals surface area (Å²) in [6.07, 6.45) is 0. The van der Waals surface area contributed by atoms with Gasteiger partial charge in [0.25, 0.3) is 0 Å². The quantitative estimate of drug-likeness (QED) is 0.500. The summed E-state index contributed by atoms with van der Waals surface area (Å²) in [4.78, 5) is 0. The second-order valence-corrected chi connectivity index (χ2v) is 5.42. The van der Waals surface area contributed by atoms with Gasteiger partial charge >= 0.3 is 0 Å². The molecule has 0 unspecified atom stereocenters. The van der Waals surface area contributed by atoms with E-state index < -0.39 is 0 Å². The van der Waals surface area contributed by atoms with Crippen LogP contribution in [0.1, 0.15) is 5.56 Å². The van der Waals surface area contributed by atoms with Crippen LogP contribution in [0, 0.1) is 0 Å². The van der Waals surface area contributed by atoms with Crippen molar-refractivity contribution >= 4 is 39.1 Å². The van der Waals surface area contributed by atoms with Crippen molar-refractivity contribution in [3.63, 3.8) is 0 Å². The lowest BCUT2D eigenvalue weighted by Gasteiger charge is -2.13. The standard InChI is InChI=1S/C15H13BrCl2O2/c16-10-11-8-12(17)9-14(18)15(11)20-7-6-19-13-4-2-1-3-5-13/h1-5,8-9H,6-7,10H2. The Labute approximate surface area is 136 Å². The molecule has 0 aliphatic rings. The molecule has 0 aliphatic heterocycles. The number of benzene rings is 2. The molecule has 0 saturated heterocycles. The first-order valence-corrected chi connectivity index (χ1v) is 7.93. The molecule has 2 nitrogen and oxygen atoms in total. The third-order valence-electron chi connectivity index (χ3n) is 2.57. The fourth-order valence-electron chi connectivity index (χ4n) is 1.69. The zero-order valence-corrected chi connectivity index (χ0v) is 13.7. The van der Waals surface area contributed by atoms with Gasteiger partial charge in [-0.15, -0.1) is 0 Å². The molecule has 5 heteroatoms. The third-order valence-corrected chi connectivity index (χ3v) is 3.67. The highest BCUT2D eigenvalue weighted by molar-refractivity contribution is 9.08. The summed E-state index contributed by atoms with van der Waals surface area (Å²) in [5, 5.41) is 1.73. The van der Waals surface area contributed by atoms with E-state index in [2.05, 4.69) is 15.9 Å². The molecule has 0 N–H and O–H groups in total. The van der Waals surface area contributed by atoms with Crippen molar-refractivity contribution in [2.75, 3.05) is 13.2 Å². The Balaban J connectivity index is 1.91. The Morgan fingerprint density at radius 2 is 1.65 bits per heavy atom. The van der Waals surface area contributed by atoms with Crippen molar-refractivity contribution < 1.29 is 9.47 Å². The van der Waals surface area contributed by atoms with Crippen LogP contribution >= 0.6 is 39.1 Å². The average Bonchev–Trinajstić information content (AvgIpc) is 2.45. The second-order valence-electron chi connectivity index (χ2n) is 4.02. The van der Waals surface area contributed by atoms with E-state index in [0.29, 0.717) is 34.3 Å². The van der Waals surface area contributed by atoms with Crippen LogP contribution in [0.15, 0.2) is 42.5 Å². The normalized spacial score (nSPS) is 10.3. The summed E-state index contributed by atoms with van der Waals surface area (Å²) in [5.41, 5.74) is 0.919. The highest BCUT2D eigenvalue weighted by Crippen LogP contribution is 2.33. The zero-order valence-electron chi connectivity index (χ0n) is 10.6. The topological polar surface area (TPSA) is 18.5 Å². The largest absolute Gasteiger partial charge is 0.490 e. The van der Waals surface area contributed by atoms with Gasteiger partial charge in [-0.05, 0) is 24.3 Å². The molecule has 0 fully saturated rings. The van der Waals surface area contributed by atoms with Crippen LogP contribution < -0.4 is 9.47 Å². The van der Waals surface area contributed by atoms with Crippen LogP contribution in [0.3, 0.4) is 0 Å². The van der Waals surface area contributed by atoms with Gasteiger partial charge in [0, 0.05) is 15.9 Å². The van der Waals surface area contributed by atoms with Crippen molar-refractivity contribution in [3.8, 4) is 11.5 Å². The van der Waals surface area contributed by atoms with Crippen LogP contribution in [-0.2, 0) is 5.33 Å². The lowest BCUT2D eigenvalue weighted by Crippen LogP contribution is -2.10. The van der Waals surface area contributed by atoms with Crippen molar-refractivity contribution in [2.45, 2.75) is 5.33 Å². The van der Waals surface area contributed by atoms with Gasteiger partial charge in [0.15, 0.2) is 0 Å². The molecule has 2 rings (SSSR count). The Morgan fingerprint density at radius 3 is 2.35 bits per heavy atom. The minimum absolute atomic E-state index is 0.413. The zero-order chi connectivity index (χ0) is 14.4. The Hall–Kier alpha value is -0.900. The number of hydrogen-bond donors (Lipinski definition) is 0. The van der Waals surface area contributed by atoms with Crippen molar-refractivity contribution in [3.05, 3.63) is 58.1 Å². The summed E-state index contributed by atoms with van der Waals surface area (Å²) in [7, 11) is 0. The molecule has 0 saturated carbocycles. The molecule has 2 aromatic carbocycles. The maximum absolute atomic E-state index is 6.14. The predicted octanol–water partition coefficient (Wildman–Crippen LogP) is 5.35. The van der Waals surface area contributed by atoms with Crippen molar-refractivity contribution in [1.82, 2.24) is 0 Å². The molecule has 106 valence electrons. The fraction of sp³-hybridized carbons (Fsp3) is 0.200. The van der Waals surface area contributed by atoms with E-state index in [4.69, 9.17) is 32.7 Å². The maximum atomic E-state index is 6.14. The number of hydrogen-bond acceptors (Lipinski definition) is 2. The van der Waals surface area contributed by atoms with Crippen LogP contribution in [0.5, 0.6) is 11.5 Å². The summed E-state index contributed by atoms with van der Waals surface area (Å²) < 4.78 is 11.2. The van der Waals surface area contributed by atoms with E-state index in [1.807, 2.05) is 36.4 Å². The molecule has 2 aromatic rings. The van der Waals surface area contributed by atoms with E-state index in [-0.39, 0.29) is 0 Å². The highest BCUT2D eigenvalue weighted by atomic mass is 79.9. The SMILES string of the molecule is Clc1cc(Cl)c(OCCOc2ccccc2)c(CBr)c1. The third kappa shape index (κ3) is 4.30. The summed E-state index contributed by atoms with van der Waals surface area (Å²) in [5.74, 6) is 1.46. The monoisotopic (exact) mass is 374 g/mol. The first-order valence-electron chi connectivity index (χ1n) is 6.05. The number of halogens is 3. The first-order chi connectivity index (χ1) is 9.70. The van der Waals surface area contributed by atoms with Crippen molar-refractivity contribution in [2.24, 2.45) is 0 Å². The molecule has 20 heavy (non-hydrogen) atoms. The lowest BCUT2D eigenvalue weighted by atomic mass is 10.2. The second kappa shape index (κ2) is 7.77. The number of rotatable bonds is 6. The van der Waals surface area contributed by atoms with Gasteiger partial charge in [0.1, 0.15) is 24.7 Å². The van der Waals surface area contributed by atoms with E-state index >= 15 is 0 Å². The molecule has 0 aliphatic carbocycles. The van der Waals surface area contributed by atoms with Crippen LogP contribution in [0.4, 0.5) is 0 Å². The lowest BCUT2D eigenvalue weighted by molar-refractivity contribution is 0.216. The van der Waals surface area contributed by atoms with E-state index in [0.717, 1.165) is 11.3 Å². The van der Waals surface area contributed by atoms with Gasteiger partial charge in [-0.1, -0.05) is 57.3 Å². The number of para-hydroxylation sites is 1. The molecule has 0 bridgehead atoms. The summed E-state index contributed by atoms with van der Waals surface area (Å²) in [6, 6.07) is 13.1. The van der Waals surface area contributed by atoms with Gasteiger partial charge in [0.2, 0.25) is 0 Å². The van der Waals surface area contributed by atoms with Crippen LogP contribution in [-0.4, -0.2) is 13.2 Å². The Morgan fingerprint density at radius 1 is 0.950 bits per heavy atom. The minimum atomic E-state index is 0.413. The fourth-order valence-corrected chi connectivity index (χ4v) is 2.70. The minimum Gasteiger partial charge on any atom is -0.490 e. The molecule has 0 radical (unpaired) electrons. The molecular formula is C15H13BrCl2O2. The van der Waals surface area contributed by atoms with E-state index in [1.165, 1.54) is 0 Å². The van der Waals surface area contributed by atoms with Crippen LogP contribution in [0.2, 0.25) is 10.0 Å². The highest BCUT2D eigenvalue weighted by Gasteiger charge is 2.10. The molecule has 0 aromatic heterocycles. The predicted molar refractivity (Wildman–Crippen MR) is 86.5 cm³/mol. The molecule has 0 heterocycles. The van der Waals surface area contributed by atoms with E-state index in [1.54, 1.807) is 6.07 Å².